The molecule has 2 rings (SSSR count). The van der Waals surface area contributed by atoms with E-state index in [2.05, 4.69) is 32.9 Å². The SMILES string of the molecule is CCc1ccc(C(O)C2CC2(C)C)s1. The van der Waals surface area contributed by atoms with Crippen LogP contribution in [0.25, 0.3) is 0 Å². The maximum atomic E-state index is 10.1. The fraction of sp³-hybridized carbons (Fsp3) is 0.667. The van der Waals surface area contributed by atoms with Crippen molar-refractivity contribution in [1.82, 2.24) is 0 Å². The number of rotatable bonds is 3. The van der Waals surface area contributed by atoms with Crippen LogP contribution in [-0.4, -0.2) is 5.11 Å². The van der Waals surface area contributed by atoms with Crippen LogP contribution in [0.1, 0.15) is 43.1 Å². The molecule has 1 aliphatic rings. The summed E-state index contributed by atoms with van der Waals surface area (Å²) < 4.78 is 0. The number of aryl methyl sites for hydroxylation is 1. The lowest BCUT2D eigenvalue weighted by Crippen LogP contribution is -2.02. The second-order valence-electron chi connectivity index (χ2n) is 4.90. The van der Waals surface area contributed by atoms with E-state index in [4.69, 9.17) is 0 Å². The third kappa shape index (κ3) is 1.73. The highest BCUT2D eigenvalue weighted by atomic mass is 32.1. The second-order valence-corrected chi connectivity index (χ2v) is 6.10. The zero-order valence-corrected chi connectivity index (χ0v) is 9.90. The molecule has 1 N–H and O–H groups in total. The maximum absolute atomic E-state index is 10.1. The normalized spacial score (nSPS) is 26.1. The Kier molecular flexibility index (Phi) is 2.44. The Morgan fingerprint density at radius 1 is 1.57 bits per heavy atom. The molecule has 0 radical (unpaired) electrons. The molecule has 1 aliphatic carbocycles. The van der Waals surface area contributed by atoms with Crippen LogP contribution in [0.15, 0.2) is 12.1 Å². The summed E-state index contributed by atoms with van der Waals surface area (Å²) in [4.78, 5) is 2.52. The molecule has 1 saturated carbocycles. The minimum atomic E-state index is -0.227. The summed E-state index contributed by atoms with van der Waals surface area (Å²) in [5.74, 6) is 0.478. The van der Waals surface area contributed by atoms with Gasteiger partial charge in [0.15, 0.2) is 0 Å². The molecule has 1 aromatic heterocycles. The molecule has 0 spiro atoms. The second kappa shape index (κ2) is 3.35. The Labute approximate surface area is 89.8 Å². The molecule has 2 heteroatoms. The number of aliphatic hydroxyl groups is 1. The van der Waals surface area contributed by atoms with E-state index in [1.807, 2.05) is 0 Å². The zero-order valence-electron chi connectivity index (χ0n) is 9.08. The van der Waals surface area contributed by atoms with Gasteiger partial charge in [-0.05, 0) is 36.3 Å². The quantitative estimate of drug-likeness (QED) is 0.810. The fourth-order valence-electron chi connectivity index (χ4n) is 1.99. The van der Waals surface area contributed by atoms with Crippen molar-refractivity contribution in [3.05, 3.63) is 21.9 Å². The fourth-order valence-corrected chi connectivity index (χ4v) is 2.99. The van der Waals surface area contributed by atoms with Crippen molar-refractivity contribution in [1.29, 1.82) is 0 Å². The van der Waals surface area contributed by atoms with Crippen molar-refractivity contribution in [2.45, 2.75) is 39.7 Å². The van der Waals surface area contributed by atoms with Gasteiger partial charge in [0.25, 0.3) is 0 Å². The summed E-state index contributed by atoms with van der Waals surface area (Å²) in [6.07, 6.45) is 2.01. The van der Waals surface area contributed by atoms with Gasteiger partial charge in [0.2, 0.25) is 0 Å². The lowest BCUT2D eigenvalue weighted by molar-refractivity contribution is 0.142. The molecule has 1 aromatic rings. The summed E-state index contributed by atoms with van der Waals surface area (Å²) in [6, 6.07) is 4.22. The van der Waals surface area contributed by atoms with Crippen molar-refractivity contribution < 1.29 is 5.11 Å². The lowest BCUT2D eigenvalue weighted by atomic mass is 10.1. The summed E-state index contributed by atoms with van der Waals surface area (Å²) in [5, 5.41) is 10.1. The van der Waals surface area contributed by atoms with Gasteiger partial charge in [-0.15, -0.1) is 11.3 Å². The molecular weight excluding hydrogens is 192 g/mol. The van der Waals surface area contributed by atoms with Crippen LogP contribution in [0.5, 0.6) is 0 Å². The van der Waals surface area contributed by atoms with E-state index in [0.29, 0.717) is 11.3 Å². The molecule has 0 bridgehead atoms. The van der Waals surface area contributed by atoms with E-state index in [1.165, 1.54) is 4.88 Å². The van der Waals surface area contributed by atoms with E-state index < -0.39 is 0 Å². The number of thiophene rings is 1. The predicted molar refractivity (Wildman–Crippen MR) is 60.5 cm³/mol. The molecule has 14 heavy (non-hydrogen) atoms. The Morgan fingerprint density at radius 2 is 2.21 bits per heavy atom. The van der Waals surface area contributed by atoms with E-state index >= 15 is 0 Å². The van der Waals surface area contributed by atoms with Gasteiger partial charge < -0.3 is 5.11 Å². The van der Waals surface area contributed by atoms with Crippen LogP contribution >= 0.6 is 11.3 Å². The van der Waals surface area contributed by atoms with Gasteiger partial charge in [-0.25, -0.2) is 0 Å². The van der Waals surface area contributed by atoms with Gasteiger partial charge in [0.05, 0.1) is 6.10 Å². The summed E-state index contributed by atoms with van der Waals surface area (Å²) in [7, 11) is 0. The summed E-state index contributed by atoms with van der Waals surface area (Å²) in [6.45, 7) is 6.62. The van der Waals surface area contributed by atoms with Crippen LogP contribution in [0, 0.1) is 11.3 Å². The molecule has 1 nitrogen and oxygen atoms in total. The van der Waals surface area contributed by atoms with Gasteiger partial charge in [-0.3, -0.25) is 0 Å². The minimum Gasteiger partial charge on any atom is -0.387 e. The Bertz CT molecular complexity index is 327. The van der Waals surface area contributed by atoms with Crippen LogP contribution in [0.4, 0.5) is 0 Å². The molecule has 78 valence electrons. The third-order valence-electron chi connectivity index (χ3n) is 3.29. The molecule has 0 amide bonds. The van der Waals surface area contributed by atoms with Gasteiger partial charge in [0.1, 0.15) is 0 Å². The maximum Gasteiger partial charge on any atom is 0.0915 e. The highest BCUT2D eigenvalue weighted by molar-refractivity contribution is 7.12. The number of aliphatic hydroxyl groups excluding tert-OH is 1. The Hall–Kier alpha value is -0.340. The molecule has 2 atom stereocenters. The van der Waals surface area contributed by atoms with Gasteiger partial charge in [-0.1, -0.05) is 20.8 Å². The predicted octanol–water partition coefficient (Wildman–Crippen LogP) is 3.39. The van der Waals surface area contributed by atoms with E-state index in [0.717, 1.165) is 17.7 Å². The highest BCUT2D eigenvalue weighted by Crippen LogP contribution is 2.58. The first-order chi connectivity index (χ1) is 6.54. The van der Waals surface area contributed by atoms with Crippen LogP contribution in [0.2, 0.25) is 0 Å². The van der Waals surface area contributed by atoms with Crippen LogP contribution in [0.3, 0.4) is 0 Å². The first-order valence-electron chi connectivity index (χ1n) is 5.31. The molecule has 2 unspecified atom stereocenters. The smallest absolute Gasteiger partial charge is 0.0915 e. The van der Waals surface area contributed by atoms with Crippen molar-refractivity contribution >= 4 is 11.3 Å². The lowest BCUT2D eigenvalue weighted by Gasteiger charge is -2.09. The molecule has 0 aliphatic heterocycles. The van der Waals surface area contributed by atoms with Gasteiger partial charge >= 0.3 is 0 Å². The van der Waals surface area contributed by atoms with Crippen LogP contribution in [-0.2, 0) is 6.42 Å². The van der Waals surface area contributed by atoms with Crippen molar-refractivity contribution in [2.75, 3.05) is 0 Å². The van der Waals surface area contributed by atoms with Gasteiger partial charge in [0, 0.05) is 9.75 Å². The number of hydrogen-bond donors (Lipinski definition) is 1. The van der Waals surface area contributed by atoms with Gasteiger partial charge in [-0.2, -0.15) is 0 Å². The third-order valence-corrected chi connectivity index (χ3v) is 4.59. The standard InChI is InChI=1S/C12H18OS/c1-4-8-5-6-10(14-8)11(13)9-7-12(9,2)3/h5-6,9,11,13H,4,7H2,1-3H3. The molecule has 0 saturated heterocycles. The Balaban J connectivity index is 2.08. The van der Waals surface area contributed by atoms with Crippen LogP contribution < -0.4 is 0 Å². The van der Waals surface area contributed by atoms with Crippen molar-refractivity contribution in [2.24, 2.45) is 11.3 Å². The molecule has 1 heterocycles. The highest BCUT2D eigenvalue weighted by Gasteiger charge is 2.50. The molecule has 1 fully saturated rings. The first kappa shape index (κ1) is 10.2. The summed E-state index contributed by atoms with van der Waals surface area (Å²) in [5.41, 5.74) is 0.357. The average Bonchev–Trinajstić information content (AvgIpc) is 2.64. The van der Waals surface area contributed by atoms with E-state index in [1.54, 1.807) is 11.3 Å². The monoisotopic (exact) mass is 210 g/mol. The van der Waals surface area contributed by atoms with Crippen molar-refractivity contribution in [3.63, 3.8) is 0 Å². The topological polar surface area (TPSA) is 20.2 Å². The minimum absolute atomic E-state index is 0.227. The average molecular weight is 210 g/mol. The van der Waals surface area contributed by atoms with E-state index in [9.17, 15) is 5.11 Å². The number of hydrogen-bond acceptors (Lipinski definition) is 2. The van der Waals surface area contributed by atoms with E-state index in [-0.39, 0.29) is 6.10 Å². The first-order valence-corrected chi connectivity index (χ1v) is 6.13. The van der Waals surface area contributed by atoms with Crippen molar-refractivity contribution in [3.8, 4) is 0 Å². The molecular formula is C12H18OS. The zero-order chi connectivity index (χ0) is 10.3. The largest absolute Gasteiger partial charge is 0.387 e. The summed E-state index contributed by atoms with van der Waals surface area (Å²) >= 11 is 1.76. The Morgan fingerprint density at radius 3 is 2.64 bits per heavy atom. The molecule has 0 aromatic carbocycles.